The monoisotopic (exact) mass is 410 g/mol. The fraction of sp³-hybridized carbons (Fsp3) is 0.857. The highest BCUT2D eigenvalue weighted by molar-refractivity contribution is 5.83. The van der Waals surface area contributed by atoms with E-state index in [0.717, 1.165) is 38.8 Å². The van der Waals surface area contributed by atoms with Crippen molar-refractivity contribution in [2.24, 2.45) is 17.6 Å². The molecule has 2 aliphatic heterocycles. The summed E-state index contributed by atoms with van der Waals surface area (Å²) >= 11 is 0. The lowest BCUT2D eigenvalue weighted by Gasteiger charge is -2.40. The quantitative estimate of drug-likeness (QED) is 0.744. The van der Waals surface area contributed by atoms with Crippen LogP contribution in [0.4, 0.5) is 4.79 Å². The van der Waals surface area contributed by atoms with Gasteiger partial charge in [0.25, 0.3) is 0 Å². The number of ether oxygens (including phenoxy) is 1. The molecule has 0 bridgehead atoms. The van der Waals surface area contributed by atoms with Gasteiger partial charge < -0.3 is 20.3 Å². The number of piperidine rings is 2. The number of nitrogens with two attached hydrogens (primary N) is 1. The number of carbonyl (C=O) groups is 3. The molecule has 8 nitrogen and oxygen atoms in total. The molecule has 3 unspecified atom stereocenters. The summed E-state index contributed by atoms with van der Waals surface area (Å²) in [4.78, 5) is 42.4. The first kappa shape index (κ1) is 23.4. The zero-order chi connectivity index (χ0) is 21.8. The minimum Gasteiger partial charge on any atom is -0.444 e. The highest BCUT2D eigenvalue weighted by atomic mass is 16.6. The van der Waals surface area contributed by atoms with Crippen molar-refractivity contribution in [1.82, 2.24) is 14.7 Å². The first-order valence-corrected chi connectivity index (χ1v) is 10.7. The number of rotatable bonds is 5. The van der Waals surface area contributed by atoms with Gasteiger partial charge in [-0.25, -0.2) is 4.79 Å². The van der Waals surface area contributed by atoms with Crippen LogP contribution in [0.15, 0.2) is 0 Å². The van der Waals surface area contributed by atoms with E-state index in [9.17, 15) is 14.4 Å². The van der Waals surface area contributed by atoms with E-state index in [1.54, 1.807) is 16.8 Å². The van der Waals surface area contributed by atoms with Crippen molar-refractivity contribution in [1.29, 1.82) is 0 Å². The van der Waals surface area contributed by atoms with Crippen LogP contribution in [0.1, 0.15) is 53.4 Å². The Balaban J connectivity index is 1.89. The SMILES string of the molecule is CC(C(=O)N1CCCC(C(N)=O)C1)N1CCCC(CN(C)C(=O)OC(C)(C)C)C1. The molecule has 2 fully saturated rings. The summed E-state index contributed by atoms with van der Waals surface area (Å²) < 4.78 is 5.44. The summed E-state index contributed by atoms with van der Waals surface area (Å²) in [5.74, 6) is -0.191. The predicted molar refractivity (Wildman–Crippen MR) is 111 cm³/mol. The van der Waals surface area contributed by atoms with Crippen molar-refractivity contribution in [3.05, 3.63) is 0 Å². The van der Waals surface area contributed by atoms with Crippen LogP contribution in [-0.2, 0) is 14.3 Å². The first-order valence-electron chi connectivity index (χ1n) is 10.7. The number of nitrogens with zero attached hydrogens (tertiary/aromatic N) is 3. The summed E-state index contributed by atoms with van der Waals surface area (Å²) in [6.07, 6.45) is 3.28. The van der Waals surface area contributed by atoms with Gasteiger partial charge in [-0.2, -0.15) is 0 Å². The number of likely N-dealkylation sites (tertiary alicyclic amines) is 2. The predicted octanol–water partition coefficient (Wildman–Crippen LogP) is 1.68. The van der Waals surface area contributed by atoms with Gasteiger partial charge in [-0.05, 0) is 65.8 Å². The van der Waals surface area contributed by atoms with Gasteiger partial charge >= 0.3 is 6.09 Å². The smallest absolute Gasteiger partial charge is 0.410 e. The molecule has 166 valence electrons. The Morgan fingerprint density at radius 3 is 2.41 bits per heavy atom. The van der Waals surface area contributed by atoms with Gasteiger partial charge in [-0.1, -0.05) is 0 Å². The van der Waals surface area contributed by atoms with Crippen LogP contribution in [0.5, 0.6) is 0 Å². The summed E-state index contributed by atoms with van der Waals surface area (Å²) in [6.45, 7) is 10.9. The van der Waals surface area contributed by atoms with E-state index >= 15 is 0 Å². The van der Waals surface area contributed by atoms with Crippen LogP contribution in [-0.4, -0.2) is 84.0 Å². The maximum absolute atomic E-state index is 13.0. The van der Waals surface area contributed by atoms with Gasteiger partial charge in [-0.3, -0.25) is 14.5 Å². The Bertz CT molecular complexity index is 604. The third kappa shape index (κ3) is 6.87. The number of amides is 3. The molecule has 3 amide bonds. The Morgan fingerprint density at radius 2 is 1.79 bits per heavy atom. The van der Waals surface area contributed by atoms with Gasteiger partial charge in [0.15, 0.2) is 0 Å². The van der Waals surface area contributed by atoms with E-state index < -0.39 is 5.60 Å². The molecule has 2 rings (SSSR count). The van der Waals surface area contributed by atoms with Gasteiger partial charge in [0, 0.05) is 33.2 Å². The van der Waals surface area contributed by atoms with E-state index in [1.807, 2.05) is 27.7 Å². The Kier molecular flexibility index (Phi) is 7.91. The topological polar surface area (TPSA) is 96.2 Å². The van der Waals surface area contributed by atoms with Gasteiger partial charge in [-0.15, -0.1) is 0 Å². The Labute approximate surface area is 174 Å². The van der Waals surface area contributed by atoms with Crippen molar-refractivity contribution >= 4 is 17.9 Å². The minimum absolute atomic E-state index is 0.0668. The lowest BCUT2D eigenvalue weighted by atomic mass is 9.95. The minimum atomic E-state index is -0.512. The third-order valence-electron chi connectivity index (χ3n) is 5.83. The van der Waals surface area contributed by atoms with Gasteiger partial charge in [0.1, 0.15) is 5.60 Å². The average Bonchev–Trinajstić information content (AvgIpc) is 2.65. The van der Waals surface area contributed by atoms with Crippen molar-refractivity contribution in [2.75, 3.05) is 39.8 Å². The van der Waals surface area contributed by atoms with Crippen LogP contribution in [0.25, 0.3) is 0 Å². The molecule has 2 N–H and O–H groups in total. The molecule has 2 heterocycles. The second kappa shape index (κ2) is 9.78. The zero-order valence-corrected chi connectivity index (χ0v) is 18.6. The molecule has 2 saturated heterocycles. The third-order valence-corrected chi connectivity index (χ3v) is 5.83. The Morgan fingerprint density at radius 1 is 1.14 bits per heavy atom. The maximum Gasteiger partial charge on any atom is 0.410 e. The number of hydrogen-bond acceptors (Lipinski definition) is 5. The molecule has 0 saturated carbocycles. The van der Waals surface area contributed by atoms with Crippen LogP contribution < -0.4 is 5.73 Å². The number of primary amides is 1. The lowest BCUT2D eigenvalue weighted by molar-refractivity contribution is -0.140. The van der Waals surface area contributed by atoms with Crippen LogP contribution in [0, 0.1) is 11.8 Å². The standard InChI is InChI=1S/C21H38N4O4/c1-15(19(27)25-11-7-9-17(14-25)18(22)26)24-10-6-8-16(13-24)12-23(5)20(28)29-21(2,3)4/h15-17H,6-14H2,1-5H3,(H2,22,26). The van der Waals surface area contributed by atoms with Crippen molar-refractivity contribution in [3.63, 3.8) is 0 Å². The van der Waals surface area contributed by atoms with Crippen LogP contribution in [0.3, 0.4) is 0 Å². The summed E-state index contributed by atoms with van der Waals surface area (Å²) in [5, 5.41) is 0. The molecule has 2 aliphatic rings. The highest BCUT2D eigenvalue weighted by Gasteiger charge is 2.34. The second-order valence-corrected chi connectivity index (χ2v) is 9.57. The molecular formula is C21H38N4O4. The maximum atomic E-state index is 13.0. The highest BCUT2D eigenvalue weighted by Crippen LogP contribution is 2.23. The molecular weight excluding hydrogens is 372 g/mol. The van der Waals surface area contributed by atoms with Gasteiger partial charge in [0.2, 0.25) is 11.8 Å². The Hall–Kier alpha value is -1.83. The number of carbonyl (C=O) groups excluding carboxylic acids is 3. The van der Waals surface area contributed by atoms with E-state index in [2.05, 4.69) is 4.90 Å². The molecule has 0 radical (unpaired) electrons. The fourth-order valence-corrected chi connectivity index (χ4v) is 4.23. The molecule has 0 aromatic rings. The zero-order valence-electron chi connectivity index (χ0n) is 18.6. The van der Waals surface area contributed by atoms with Crippen LogP contribution in [0.2, 0.25) is 0 Å². The fourth-order valence-electron chi connectivity index (χ4n) is 4.23. The molecule has 0 spiro atoms. The second-order valence-electron chi connectivity index (χ2n) is 9.57. The van der Waals surface area contributed by atoms with Crippen molar-refractivity contribution < 1.29 is 19.1 Å². The largest absolute Gasteiger partial charge is 0.444 e. The average molecular weight is 411 g/mol. The van der Waals surface area contributed by atoms with E-state index in [1.165, 1.54) is 0 Å². The molecule has 0 aromatic carbocycles. The molecule has 29 heavy (non-hydrogen) atoms. The summed E-state index contributed by atoms with van der Waals surface area (Å²) in [5.41, 5.74) is 4.93. The van der Waals surface area contributed by atoms with E-state index in [-0.39, 0.29) is 29.9 Å². The van der Waals surface area contributed by atoms with Crippen LogP contribution >= 0.6 is 0 Å². The van der Waals surface area contributed by atoms with Crippen molar-refractivity contribution in [2.45, 2.75) is 65.0 Å². The van der Waals surface area contributed by atoms with Crippen molar-refractivity contribution in [3.8, 4) is 0 Å². The molecule has 8 heteroatoms. The van der Waals surface area contributed by atoms with E-state index in [4.69, 9.17) is 10.5 Å². The molecule has 3 atom stereocenters. The normalized spacial score (nSPS) is 24.7. The van der Waals surface area contributed by atoms with E-state index in [0.29, 0.717) is 25.6 Å². The molecule has 0 aliphatic carbocycles. The lowest BCUT2D eigenvalue weighted by Crippen LogP contribution is -2.54. The summed E-state index contributed by atoms with van der Waals surface area (Å²) in [6, 6.07) is -0.240. The van der Waals surface area contributed by atoms with Gasteiger partial charge in [0.05, 0.1) is 12.0 Å². The first-order chi connectivity index (χ1) is 13.5. The number of hydrogen-bond donors (Lipinski definition) is 1. The summed E-state index contributed by atoms with van der Waals surface area (Å²) in [7, 11) is 1.76. The molecule has 0 aromatic heterocycles.